The second-order valence-corrected chi connectivity index (χ2v) is 3.10. The molecule has 0 saturated heterocycles. The summed E-state index contributed by atoms with van der Waals surface area (Å²) >= 11 is 3.15. The summed E-state index contributed by atoms with van der Waals surface area (Å²) in [6, 6.07) is 5.06. The van der Waals surface area contributed by atoms with Gasteiger partial charge in [-0.25, -0.2) is 4.79 Å². The fourth-order valence-corrected chi connectivity index (χ4v) is 1.25. The summed E-state index contributed by atoms with van der Waals surface area (Å²) in [6.07, 6.45) is 1.61. The number of hydrogen-bond acceptors (Lipinski definition) is 1. The maximum Gasteiger partial charge on any atom is 0.336 e. The summed E-state index contributed by atoms with van der Waals surface area (Å²) in [5.74, 6) is -0.939. The summed E-state index contributed by atoms with van der Waals surface area (Å²) in [5, 5.41) is 8.72. The normalized spacial score (nSPS) is 9.42. The van der Waals surface area contributed by atoms with E-state index in [1.807, 2.05) is 0 Å². The van der Waals surface area contributed by atoms with Crippen LogP contribution in [0.25, 0.3) is 6.08 Å². The van der Waals surface area contributed by atoms with Crippen molar-refractivity contribution in [2.75, 3.05) is 0 Å². The molecule has 0 amide bonds. The molecular weight excluding hydrogens is 220 g/mol. The molecule has 62 valence electrons. The minimum atomic E-state index is -0.939. The number of carboxylic acid groups (broad SMARTS) is 1. The number of rotatable bonds is 2. The van der Waals surface area contributed by atoms with Crippen molar-refractivity contribution in [1.29, 1.82) is 0 Å². The largest absolute Gasteiger partial charge is 0.478 e. The average molecular weight is 227 g/mol. The lowest BCUT2D eigenvalue weighted by Gasteiger charge is -1.99. The molecule has 3 heteroatoms. The Morgan fingerprint density at radius 1 is 1.58 bits per heavy atom. The summed E-state index contributed by atoms with van der Waals surface area (Å²) < 4.78 is 0.584. The van der Waals surface area contributed by atoms with Gasteiger partial charge in [-0.2, -0.15) is 0 Å². The highest BCUT2D eigenvalue weighted by Gasteiger charge is 2.07. The SMILES string of the molecule is C=Cc1ccc(Br)c(C(=O)O)c1. The van der Waals surface area contributed by atoms with Crippen LogP contribution < -0.4 is 0 Å². The van der Waals surface area contributed by atoms with E-state index in [1.165, 1.54) is 0 Å². The Hall–Kier alpha value is -1.09. The predicted octanol–water partition coefficient (Wildman–Crippen LogP) is 2.79. The van der Waals surface area contributed by atoms with Crippen molar-refractivity contribution in [2.24, 2.45) is 0 Å². The van der Waals surface area contributed by atoms with Crippen LogP contribution in [0.2, 0.25) is 0 Å². The average Bonchev–Trinajstić information content (AvgIpc) is 2.05. The van der Waals surface area contributed by atoms with E-state index >= 15 is 0 Å². The molecule has 0 aromatic heterocycles. The van der Waals surface area contributed by atoms with Crippen molar-refractivity contribution in [3.05, 3.63) is 40.4 Å². The standard InChI is InChI=1S/C9H7BrO2/c1-2-6-3-4-8(10)7(5-6)9(11)12/h2-5H,1H2,(H,11,12). The van der Waals surface area contributed by atoms with Gasteiger partial charge in [0.05, 0.1) is 5.56 Å². The number of halogens is 1. The van der Waals surface area contributed by atoms with Crippen molar-refractivity contribution in [3.8, 4) is 0 Å². The third-order valence-electron chi connectivity index (χ3n) is 1.46. The minimum Gasteiger partial charge on any atom is -0.478 e. The fraction of sp³-hybridized carbons (Fsp3) is 0. The Bertz CT molecular complexity index is 331. The molecule has 0 heterocycles. The second-order valence-electron chi connectivity index (χ2n) is 2.25. The first-order valence-electron chi connectivity index (χ1n) is 3.30. The van der Waals surface area contributed by atoms with Gasteiger partial charge < -0.3 is 5.11 Å². The van der Waals surface area contributed by atoms with Gasteiger partial charge in [-0.15, -0.1) is 0 Å². The molecule has 1 aromatic rings. The van der Waals surface area contributed by atoms with Gasteiger partial charge in [0, 0.05) is 4.47 Å². The molecule has 0 unspecified atom stereocenters. The first-order valence-corrected chi connectivity index (χ1v) is 4.09. The maximum absolute atomic E-state index is 10.6. The lowest BCUT2D eigenvalue weighted by molar-refractivity contribution is 0.0696. The Balaban J connectivity index is 3.25. The van der Waals surface area contributed by atoms with Crippen molar-refractivity contribution >= 4 is 28.0 Å². The van der Waals surface area contributed by atoms with E-state index in [1.54, 1.807) is 24.3 Å². The van der Waals surface area contributed by atoms with Gasteiger partial charge >= 0.3 is 5.97 Å². The van der Waals surface area contributed by atoms with Crippen LogP contribution >= 0.6 is 15.9 Å². The topological polar surface area (TPSA) is 37.3 Å². The zero-order chi connectivity index (χ0) is 9.14. The highest BCUT2D eigenvalue weighted by atomic mass is 79.9. The van der Waals surface area contributed by atoms with Crippen LogP contribution in [0.3, 0.4) is 0 Å². The van der Waals surface area contributed by atoms with Gasteiger partial charge in [0.15, 0.2) is 0 Å². The summed E-state index contributed by atoms with van der Waals surface area (Å²) in [6.45, 7) is 3.55. The zero-order valence-electron chi connectivity index (χ0n) is 6.25. The molecule has 1 rings (SSSR count). The molecule has 0 saturated carbocycles. The van der Waals surface area contributed by atoms with E-state index in [0.29, 0.717) is 4.47 Å². The lowest BCUT2D eigenvalue weighted by atomic mass is 10.1. The Kier molecular flexibility index (Phi) is 2.65. The van der Waals surface area contributed by atoms with Crippen LogP contribution in [-0.2, 0) is 0 Å². The molecule has 2 nitrogen and oxygen atoms in total. The van der Waals surface area contributed by atoms with Crippen LogP contribution in [-0.4, -0.2) is 11.1 Å². The molecule has 0 radical (unpaired) electrons. The molecule has 0 aliphatic carbocycles. The molecule has 0 atom stereocenters. The molecule has 1 aromatic carbocycles. The Labute approximate surface area is 78.7 Å². The fourth-order valence-electron chi connectivity index (χ4n) is 0.834. The van der Waals surface area contributed by atoms with E-state index in [4.69, 9.17) is 5.11 Å². The van der Waals surface area contributed by atoms with Crippen LogP contribution in [0, 0.1) is 0 Å². The molecule has 1 N–H and O–H groups in total. The van der Waals surface area contributed by atoms with E-state index < -0.39 is 5.97 Å². The van der Waals surface area contributed by atoms with Crippen molar-refractivity contribution in [2.45, 2.75) is 0 Å². The smallest absolute Gasteiger partial charge is 0.336 e. The van der Waals surface area contributed by atoms with Crippen molar-refractivity contribution in [1.82, 2.24) is 0 Å². The quantitative estimate of drug-likeness (QED) is 0.843. The Morgan fingerprint density at radius 3 is 2.75 bits per heavy atom. The van der Waals surface area contributed by atoms with E-state index in [0.717, 1.165) is 5.56 Å². The van der Waals surface area contributed by atoms with Gasteiger partial charge in [-0.1, -0.05) is 18.7 Å². The molecule has 0 aliphatic rings. The van der Waals surface area contributed by atoms with E-state index in [9.17, 15) is 4.79 Å². The van der Waals surface area contributed by atoms with Gasteiger partial charge in [-0.05, 0) is 33.6 Å². The predicted molar refractivity (Wildman–Crippen MR) is 51.2 cm³/mol. The molecule has 0 fully saturated rings. The van der Waals surface area contributed by atoms with Crippen LogP contribution in [0.4, 0.5) is 0 Å². The lowest BCUT2D eigenvalue weighted by Crippen LogP contribution is -1.97. The first kappa shape index (κ1) is 9.00. The van der Waals surface area contributed by atoms with Gasteiger partial charge in [0.25, 0.3) is 0 Å². The highest BCUT2D eigenvalue weighted by Crippen LogP contribution is 2.18. The van der Waals surface area contributed by atoms with Crippen LogP contribution in [0.1, 0.15) is 15.9 Å². The molecule has 0 spiro atoms. The number of carbonyl (C=O) groups is 1. The third-order valence-corrected chi connectivity index (χ3v) is 2.15. The van der Waals surface area contributed by atoms with Gasteiger partial charge in [0.2, 0.25) is 0 Å². The van der Waals surface area contributed by atoms with E-state index in [2.05, 4.69) is 22.5 Å². The molecule has 0 aliphatic heterocycles. The highest BCUT2D eigenvalue weighted by molar-refractivity contribution is 9.10. The second kappa shape index (κ2) is 3.54. The number of aromatic carboxylic acids is 1. The minimum absolute atomic E-state index is 0.257. The molecular formula is C9H7BrO2. The zero-order valence-corrected chi connectivity index (χ0v) is 7.84. The maximum atomic E-state index is 10.6. The summed E-state index contributed by atoms with van der Waals surface area (Å²) in [7, 11) is 0. The van der Waals surface area contributed by atoms with Gasteiger partial charge in [-0.3, -0.25) is 0 Å². The first-order chi connectivity index (χ1) is 5.65. The number of hydrogen-bond donors (Lipinski definition) is 1. The summed E-state index contributed by atoms with van der Waals surface area (Å²) in [5.41, 5.74) is 1.06. The number of carboxylic acids is 1. The summed E-state index contributed by atoms with van der Waals surface area (Å²) in [4.78, 5) is 10.6. The van der Waals surface area contributed by atoms with Gasteiger partial charge in [0.1, 0.15) is 0 Å². The molecule has 12 heavy (non-hydrogen) atoms. The molecule has 0 bridgehead atoms. The van der Waals surface area contributed by atoms with Crippen molar-refractivity contribution in [3.63, 3.8) is 0 Å². The number of benzene rings is 1. The van der Waals surface area contributed by atoms with E-state index in [-0.39, 0.29) is 5.56 Å². The monoisotopic (exact) mass is 226 g/mol. The Morgan fingerprint density at radius 2 is 2.25 bits per heavy atom. The van der Waals surface area contributed by atoms with Crippen LogP contribution in [0.15, 0.2) is 29.3 Å². The van der Waals surface area contributed by atoms with Crippen molar-refractivity contribution < 1.29 is 9.90 Å². The third kappa shape index (κ3) is 1.74. The van der Waals surface area contributed by atoms with Crippen LogP contribution in [0.5, 0.6) is 0 Å².